The maximum absolute atomic E-state index is 12.2. The molecule has 19 heavy (non-hydrogen) atoms. The van der Waals surface area contributed by atoms with Crippen LogP contribution in [0.1, 0.15) is 29.6 Å². The number of carbonyl (C=O) groups is 1. The summed E-state index contributed by atoms with van der Waals surface area (Å²) in [6.07, 6.45) is 5.17. The van der Waals surface area contributed by atoms with Gasteiger partial charge in [0.1, 0.15) is 0 Å². The van der Waals surface area contributed by atoms with Crippen LogP contribution in [-0.2, 0) is 0 Å². The van der Waals surface area contributed by atoms with Crippen molar-refractivity contribution in [1.29, 1.82) is 0 Å². The number of hydrogen-bond donors (Lipinski definition) is 1. The zero-order valence-electron chi connectivity index (χ0n) is 10.7. The van der Waals surface area contributed by atoms with Gasteiger partial charge in [0.25, 0.3) is 5.91 Å². The first-order valence-corrected chi connectivity index (χ1v) is 8.03. The highest BCUT2D eigenvalue weighted by Gasteiger charge is 2.08. The molecule has 1 aromatic heterocycles. The molecule has 0 saturated heterocycles. The molecule has 4 heteroatoms. The summed E-state index contributed by atoms with van der Waals surface area (Å²) in [4.78, 5) is 16.4. The summed E-state index contributed by atoms with van der Waals surface area (Å²) in [5.41, 5.74) is 1.57. The molecule has 1 amide bonds. The Morgan fingerprint density at radius 1 is 1.16 bits per heavy atom. The Bertz CT molecular complexity index is 551. The molecule has 2 aromatic rings. The predicted molar refractivity (Wildman–Crippen MR) is 86.8 cm³/mol. The molecule has 0 unspecified atom stereocenters. The Kier molecular flexibility index (Phi) is 5.57. The van der Waals surface area contributed by atoms with Crippen LogP contribution in [0.3, 0.4) is 0 Å². The number of hydrogen-bond acceptors (Lipinski definition) is 2. The van der Waals surface area contributed by atoms with Crippen LogP contribution in [0.2, 0.25) is 0 Å². The molecule has 1 aromatic carbocycles. The van der Waals surface area contributed by atoms with Gasteiger partial charge in [0, 0.05) is 23.7 Å². The summed E-state index contributed by atoms with van der Waals surface area (Å²) in [7, 11) is 0. The van der Waals surface area contributed by atoms with Crippen LogP contribution in [0.5, 0.6) is 0 Å². The second-order valence-corrected chi connectivity index (χ2v) is 5.46. The molecule has 0 aliphatic carbocycles. The van der Waals surface area contributed by atoms with E-state index < -0.39 is 0 Å². The molecule has 1 heterocycles. The molecule has 3 nitrogen and oxygen atoms in total. The van der Waals surface area contributed by atoms with E-state index in [1.165, 1.54) is 17.3 Å². The third kappa shape index (κ3) is 3.89. The average molecular weight is 368 g/mol. The van der Waals surface area contributed by atoms with Gasteiger partial charge in [-0.05, 0) is 35.5 Å². The van der Waals surface area contributed by atoms with E-state index in [2.05, 4.69) is 32.9 Å². The maximum atomic E-state index is 12.2. The minimum Gasteiger partial charge on any atom is -0.352 e. The zero-order valence-corrected chi connectivity index (χ0v) is 12.9. The van der Waals surface area contributed by atoms with Gasteiger partial charge >= 0.3 is 0 Å². The summed E-state index contributed by atoms with van der Waals surface area (Å²) in [6, 6.07) is 9.45. The van der Waals surface area contributed by atoms with E-state index in [1.54, 1.807) is 6.20 Å². The number of carbonyl (C=O) groups excluding carboxylic acids is 1. The minimum absolute atomic E-state index is 0.00641. The van der Waals surface area contributed by atoms with Crippen LogP contribution in [-0.4, -0.2) is 21.9 Å². The summed E-state index contributed by atoms with van der Waals surface area (Å²) < 4.78 is 1.18. The number of benzene rings is 1. The van der Waals surface area contributed by atoms with Crippen molar-refractivity contribution < 1.29 is 4.79 Å². The van der Waals surface area contributed by atoms with Crippen LogP contribution in [0.25, 0.3) is 10.9 Å². The van der Waals surface area contributed by atoms with Crippen molar-refractivity contribution >= 4 is 39.4 Å². The largest absolute Gasteiger partial charge is 0.352 e. The highest BCUT2D eigenvalue weighted by molar-refractivity contribution is 14.1. The van der Waals surface area contributed by atoms with E-state index in [-0.39, 0.29) is 5.91 Å². The Balaban J connectivity index is 2.01. The van der Waals surface area contributed by atoms with Gasteiger partial charge in [0.15, 0.2) is 0 Å². The van der Waals surface area contributed by atoms with Crippen LogP contribution < -0.4 is 5.32 Å². The van der Waals surface area contributed by atoms with Gasteiger partial charge in [-0.2, -0.15) is 0 Å². The van der Waals surface area contributed by atoms with Crippen molar-refractivity contribution in [3.05, 3.63) is 42.1 Å². The molecule has 0 aliphatic heterocycles. The highest BCUT2D eigenvalue weighted by Crippen LogP contribution is 2.16. The van der Waals surface area contributed by atoms with Crippen molar-refractivity contribution in [3.63, 3.8) is 0 Å². The minimum atomic E-state index is -0.00641. The second-order valence-electron chi connectivity index (χ2n) is 4.38. The maximum Gasteiger partial charge on any atom is 0.251 e. The Hall–Kier alpha value is -1.17. The molecule has 100 valence electrons. The molecule has 0 bridgehead atoms. The lowest BCUT2D eigenvalue weighted by atomic mass is 10.1. The molecule has 1 N–H and O–H groups in total. The van der Waals surface area contributed by atoms with Crippen molar-refractivity contribution in [3.8, 4) is 0 Å². The number of fused-ring (bicyclic) bond motifs is 1. The summed E-state index contributed by atoms with van der Waals surface area (Å²) in [5.74, 6) is -0.00641. The van der Waals surface area contributed by atoms with Gasteiger partial charge in [-0.25, -0.2) is 0 Å². The smallest absolute Gasteiger partial charge is 0.251 e. The van der Waals surface area contributed by atoms with Crippen LogP contribution in [0, 0.1) is 0 Å². The molecule has 0 fully saturated rings. The summed E-state index contributed by atoms with van der Waals surface area (Å²) in [5, 5.41) is 3.89. The fourth-order valence-corrected chi connectivity index (χ4v) is 2.53. The lowest BCUT2D eigenvalue weighted by molar-refractivity contribution is 0.0954. The van der Waals surface area contributed by atoms with E-state index in [1.807, 2.05) is 30.3 Å². The quantitative estimate of drug-likeness (QED) is 0.481. The number of amides is 1. The number of unbranched alkanes of at least 4 members (excludes halogenated alkanes) is 2. The van der Waals surface area contributed by atoms with Gasteiger partial charge in [-0.3, -0.25) is 9.78 Å². The number of aromatic nitrogens is 1. The van der Waals surface area contributed by atoms with Crippen molar-refractivity contribution in [1.82, 2.24) is 10.3 Å². The molecule has 0 atom stereocenters. The topological polar surface area (TPSA) is 42.0 Å². The monoisotopic (exact) mass is 368 g/mol. The third-order valence-corrected chi connectivity index (χ3v) is 3.75. The van der Waals surface area contributed by atoms with E-state index in [0.717, 1.165) is 23.9 Å². The second kappa shape index (κ2) is 7.43. The Morgan fingerprint density at radius 2 is 2.05 bits per heavy atom. The molecule has 2 rings (SSSR count). The van der Waals surface area contributed by atoms with E-state index in [9.17, 15) is 4.79 Å². The van der Waals surface area contributed by atoms with E-state index in [4.69, 9.17) is 0 Å². The van der Waals surface area contributed by atoms with E-state index >= 15 is 0 Å². The van der Waals surface area contributed by atoms with Crippen molar-refractivity contribution in [2.24, 2.45) is 0 Å². The van der Waals surface area contributed by atoms with Gasteiger partial charge < -0.3 is 5.32 Å². The number of nitrogens with one attached hydrogen (secondary N) is 1. The molecular weight excluding hydrogens is 351 g/mol. The van der Waals surface area contributed by atoms with Gasteiger partial charge in [-0.15, -0.1) is 0 Å². The first-order chi connectivity index (χ1) is 9.33. The lowest BCUT2D eigenvalue weighted by Crippen LogP contribution is -2.24. The van der Waals surface area contributed by atoms with Gasteiger partial charge in [-0.1, -0.05) is 41.1 Å². The highest BCUT2D eigenvalue weighted by atomic mass is 127. The number of pyridine rings is 1. The fraction of sp³-hybridized carbons (Fsp3) is 0.333. The molecule has 0 saturated carbocycles. The normalized spacial score (nSPS) is 10.6. The molecule has 0 spiro atoms. The van der Waals surface area contributed by atoms with Crippen molar-refractivity contribution in [2.45, 2.75) is 19.3 Å². The standard InChI is InChI=1S/C15H17IN2O/c16-9-2-1-3-10-18-15(19)13-6-4-8-14-12(13)7-5-11-17-14/h4-8,11H,1-3,9-10H2,(H,18,19). The SMILES string of the molecule is O=C(NCCCCCI)c1cccc2ncccc12. The first kappa shape index (κ1) is 14.2. The van der Waals surface area contributed by atoms with Crippen LogP contribution in [0.4, 0.5) is 0 Å². The number of rotatable bonds is 6. The summed E-state index contributed by atoms with van der Waals surface area (Å²) >= 11 is 2.38. The number of nitrogens with zero attached hydrogens (tertiary/aromatic N) is 1. The number of halogens is 1. The fourth-order valence-electron chi connectivity index (χ4n) is 1.99. The Labute approximate surface area is 126 Å². The van der Waals surface area contributed by atoms with Crippen molar-refractivity contribution in [2.75, 3.05) is 11.0 Å². The Morgan fingerprint density at radius 3 is 2.89 bits per heavy atom. The average Bonchev–Trinajstić information content (AvgIpc) is 2.46. The van der Waals surface area contributed by atoms with E-state index in [0.29, 0.717) is 5.56 Å². The van der Waals surface area contributed by atoms with Crippen LogP contribution in [0.15, 0.2) is 36.5 Å². The molecule has 0 radical (unpaired) electrons. The lowest BCUT2D eigenvalue weighted by Gasteiger charge is -2.07. The van der Waals surface area contributed by atoms with Gasteiger partial charge in [0.05, 0.1) is 5.52 Å². The molecule has 0 aliphatic rings. The zero-order chi connectivity index (χ0) is 13.5. The molecular formula is C15H17IN2O. The predicted octanol–water partition coefficient (Wildman–Crippen LogP) is 3.57. The third-order valence-electron chi connectivity index (χ3n) is 2.99. The van der Waals surface area contributed by atoms with Crippen LogP contribution >= 0.6 is 22.6 Å². The van der Waals surface area contributed by atoms with Gasteiger partial charge in [0.2, 0.25) is 0 Å². The first-order valence-electron chi connectivity index (χ1n) is 6.51. The summed E-state index contributed by atoms with van der Waals surface area (Å²) in [6.45, 7) is 0.742. The number of alkyl halides is 1.